The summed E-state index contributed by atoms with van der Waals surface area (Å²) in [6.07, 6.45) is 4.69. The highest BCUT2D eigenvalue weighted by atomic mass is 16.5. The highest BCUT2D eigenvalue weighted by molar-refractivity contribution is 5.83. The first kappa shape index (κ1) is 23.0. The lowest BCUT2D eigenvalue weighted by atomic mass is 9.95. The number of carbonyl (C=O) groups excluding carboxylic acids is 1. The lowest BCUT2D eigenvalue weighted by Gasteiger charge is -2.27. The Morgan fingerprint density at radius 3 is 2.36 bits per heavy atom. The smallest absolute Gasteiger partial charge is 0.217 e. The lowest BCUT2D eigenvalue weighted by Crippen LogP contribution is -2.32. The van der Waals surface area contributed by atoms with Crippen LogP contribution in [0.15, 0.2) is 29.1 Å². The Morgan fingerprint density at radius 1 is 1.00 bits per heavy atom. The van der Waals surface area contributed by atoms with Gasteiger partial charge in [0.15, 0.2) is 11.5 Å². The Kier molecular flexibility index (Phi) is 6.77. The van der Waals surface area contributed by atoms with E-state index >= 15 is 0 Å². The average Bonchev–Trinajstić information content (AvgIpc) is 3.07. The fourth-order valence-electron chi connectivity index (χ4n) is 5.10. The van der Waals surface area contributed by atoms with Gasteiger partial charge in [0.2, 0.25) is 17.1 Å². The molecule has 1 amide bonds. The molecule has 0 unspecified atom stereocenters. The van der Waals surface area contributed by atoms with E-state index in [1.54, 1.807) is 27.4 Å². The molecule has 2 aromatic rings. The number of nitrogens with zero attached hydrogens (tertiary/aromatic N) is 1. The van der Waals surface area contributed by atoms with Crippen LogP contribution in [-0.2, 0) is 11.2 Å². The fraction of sp³-hybridized carbons (Fsp3) is 0.462. The van der Waals surface area contributed by atoms with Gasteiger partial charge in [-0.05, 0) is 67.0 Å². The van der Waals surface area contributed by atoms with Crippen LogP contribution < -0.4 is 29.9 Å². The topological polar surface area (TPSA) is 77.1 Å². The van der Waals surface area contributed by atoms with Gasteiger partial charge in [0.25, 0.3) is 0 Å². The molecule has 1 fully saturated rings. The first-order valence-corrected chi connectivity index (χ1v) is 11.5. The van der Waals surface area contributed by atoms with Crippen molar-refractivity contribution in [3.05, 3.63) is 45.6 Å². The second-order valence-electron chi connectivity index (χ2n) is 8.62. The SMILES string of the molecule is COc1cc2c(c(OC)c1OC)-c1ccc(N3CCCCC3)c(=O)cc1[C@H](NC(C)=O)CC2. The minimum absolute atomic E-state index is 0.0311. The largest absolute Gasteiger partial charge is 0.493 e. The standard InChI is InChI=1S/C26H32N2O5/c1-16(29)27-20-10-8-17-14-23(31-2)25(32-3)26(33-4)24(17)18-9-11-21(22(30)15-19(18)20)28-12-6-5-7-13-28/h9,11,14-15,20H,5-8,10,12-13H2,1-4H3,(H,27,29)/t20-/m1/s1. The molecule has 1 N–H and O–H groups in total. The maximum absolute atomic E-state index is 13.4. The number of hydrogen-bond donors (Lipinski definition) is 1. The van der Waals surface area contributed by atoms with Gasteiger partial charge in [-0.3, -0.25) is 9.59 Å². The van der Waals surface area contributed by atoms with Crippen molar-refractivity contribution in [2.75, 3.05) is 39.3 Å². The Balaban J connectivity index is 2.00. The molecule has 1 aliphatic heterocycles. The molecule has 33 heavy (non-hydrogen) atoms. The monoisotopic (exact) mass is 452 g/mol. The number of aryl methyl sites for hydroxylation is 1. The number of carbonyl (C=O) groups is 1. The van der Waals surface area contributed by atoms with Gasteiger partial charge in [-0.1, -0.05) is 6.07 Å². The number of fused-ring (bicyclic) bond motifs is 3. The third-order valence-electron chi connectivity index (χ3n) is 6.59. The molecule has 1 aliphatic carbocycles. The van der Waals surface area contributed by atoms with E-state index in [9.17, 15) is 9.59 Å². The van der Waals surface area contributed by atoms with Gasteiger partial charge in [-0.2, -0.15) is 0 Å². The predicted molar refractivity (Wildman–Crippen MR) is 129 cm³/mol. The molecule has 1 atom stereocenters. The van der Waals surface area contributed by atoms with E-state index < -0.39 is 0 Å². The van der Waals surface area contributed by atoms with Crippen LogP contribution in [0.5, 0.6) is 17.2 Å². The molecular formula is C26H32N2O5. The highest BCUT2D eigenvalue weighted by Gasteiger charge is 2.29. The number of nitrogens with one attached hydrogen (secondary N) is 1. The molecule has 176 valence electrons. The zero-order valence-corrected chi connectivity index (χ0v) is 19.8. The highest BCUT2D eigenvalue weighted by Crippen LogP contribution is 2.50. The average molecular weight is 453 g/mol. The maximum Gasteiger partial charge on any atom is 0.217 e. The van der Waals surface area contributed by atoms with Crippen LogP contribution >= 0.6 is 0 Å². The van der Waals surface area contributed by atoms with E-state index in [1.807, 2.05) is 18.2 Å². The van der Waals surface area contributed by atoms with Gasteiger partial charge in [-0.25, -0.2) is 0 Å². The first-order chi connectivity index (χ1) is 16.0. The van der Waals surface area contributed by atoms with E-state index in [4.69, 9.17) is 14.2 Å². The second kappa shape index (κ2) is 9.73. The van der Waals surface area contributed by atoms with Gasteiger partial charge in [0.1, 0.15) is 0 Å². The Labute approximate surface area is 194 Å². The number of ether oxygens (including phenoxy) is 3. The van der Waals surface area contributed by atoms with Crippen molar-refractivity contribution < 1.29 is 19.0 Å². The predicted octanol–water partition coefficient (Wildman–Crippen LogP) is 3.85. The Bertz CT molecular complexity index is 1110. The molecule has 0 aromatic heterocycles. The molecule has 0 radical (unpaired) electrons. The van der Waals surface area contributed by atoms with Crippen LogP contribution in [-0.4, -0.2) is 40.3 Å². The lowest BCUT2D eigenvalue weighted by molar-refractivity contribution is -0.119. The maximum atomic E-state index is 13.4. The molecule has 7 nitrogen and oxygen atoms in total. The van der Waals surface area contributed by atoms with E-state index in [1.165, 1.54) is 13.3 Å². The summed E-state index contributed by atoms with van der Waals surface area (Å²) in [7, 11) is 4.79. The number of anilines is 1. The summed E-state index contributed by atoms with van der Waals surface area (Å²) in [6, 6.07) is 7.29. The minimum atomic E-state index is -0.291. The summed E-state index contributed by atoms with van der Waals surface area (Å²) in [5, 5.41) is 3.05. The Hall–Kier alpha value is -3.22. The second-order valence-corrected chi connectivity index (χ2v) is 8.62. The van der Waals surface area contributed by atoms with Crippen molar-refractivity contribution in [3.8, 4) is 28.4 Å². The molecule has 1 saturated heterocycles. The van der Waals surface area contributed by atoms with Crippen molar-refractivity contribution in [2.45, 2.75) is 45.1 Å². The molecule has 4 rings (SSSR count). The summed E-state index contributed by atoms with van der Waals surface area (Å²) in [6.45, 7) is 3.26. The van der Waals surface area contributed by atoms with Crippen molar-refractivity contribution in [1.82, 2.24) is 5.32 Å². The van der Waals surface area contributed by atoms with E-state index in [0.717, 1.165) is 48.2 Å². The van der Waals surface area contributed by atoms with Gasteiger partial charge >= 0.3 is 0 Å². The van der Waals surface area contributed by atoms with Crippen LogP contribution in [0, 0.1) is 0 Å². The zero-order valence-electron chi connectivity index (χ0n) is 19.8. The van der Waals surface area contributed by atoms with Gasteiger partial charge < -0.3 is 24.4 Å². The van der Waals surface area contributed by atoms with Gasteiger partial charge in [-0.15, -0.1) is 0 Å². The zero-order chi connectivity index (χ0) is 23.5. The molecule has 2 aliphatic rings. The molecular weight excluding hydrogens is 420 g/mol. The number of piperidine rings is 1. The summed E-state index contributed by atoms with van der Waals surface area (Å²) >= 11 is 0. The number of benzene rings is 1. The first-order valence-electron chi connectivity index (χ1n) is 11.5. The molecule has 0 saturated carbocycles. The quantitative estimate of drug-likeness (QED) is 0.743. The van der Waals surface area contributed by atoms with E-state index in [0.29, 0.717) is 35.8 Å². The van der Waals surface area contributed by atoms with Crippen molar-refractivity contribution in [3.63, 3.8) is 0 Å². The normalized spacial score (nSPS) is 17.3. The van der Waals surface area contributed by atoms with Crippen molar-refractivity contribution >= 4 is 11.6 Å². The summed E-state index contributed by atoms with van der Waals surface area (Å²) < 4.78 is 17.1. The van der Waals surface area contributed by atoms with Crippen LogP contribution in [0.3, 0.4) is 0 Å². The van der Waals surface area contributed by atoms with Crippen LogP contribution in [0.2, 0.25) is 0 Å². The molecule has 2 aromatic carbocycles. The number of methoxy groups -OCH3 is 3. The van der Waals surface area contributed by atoms with Crippen molar-refractivity contribution in [1.29, 1.82) is 0 Å². The number of rotatable bonds is 5. The molecule has 7 heteroatoms. The minimum Gasteiger partial charge on any atom is -0.493 e. The number of amides is 1. The third-order valence-corrected chi connectivity index (χ3v) is 6.59. The van der Waals surface area contributed by atoms with E-state index in [-0.39, 0.29) is 17.4 Å². The van der Waals surface area contributed by atoms with Crippen LogP contribution in [0.25, 0.3) is 11.1 Å². The molecule has 0 bridgehead atoms. The summed E-state index contributed by atoms with van der Waals surface area (Å²) in [4.78, 5) is 27.6. The summed E-state index contributed by atoms with van der Waals surface area (Å²) in [5.74, 6) is 1.53. The third kappa shape index (κ3) is 4.36. The van der Waals surface area contributed by atoms with Crippen LogP contribution in [0.4, 0.5) is 5.69 Å². The number of hydrogen-bond acceptors (Lipinski definition) is 6. The van der Waals surface area contributed by atoms with Gasteiger partial charge in [0, 0.05) is 25.6 Å². The van der Waals surface area contributed by atoms with Crippen LogP contribution in [0.1, 0.15) is 49.8 Å². The van der Waals surface area contributed by atoms with Gasteiger partial charge in [0.05, 0.1) is 33.1 Å². The molecule has 0 spiro atoms. The van der Waals surface area contributed by atoms with E-state index in [2.05, 4.69) is 10.2 Å². The Morgan fingerprint density at radius 2 is 1.73 bits per heavy atom. The fourth-order valence-corrected chi connectivity index (χ4v) is 5.10. The van der Waals surface area contributed by atoms with Crippen molar-refractivity contribution in [2.24, 2.45) is 0 Å². The molecule has 1 heterocycles. The summed E-state index contributed by atoms with van der Waals surface area (Å²) in [5.41, 5.74) is 4.22.